The summed E-state index contributed by atoms with van der Waals surface area (Å²) in [5, 5.41) is 0.493. The minimum Gasteiger partial charge on any atom is -0.176 e. The predicted octanol–water partition coefficient (Wildman–Crippen LogP) is 2.35. The zero-order chi connectivity index (χ0) is 6.08. The Kier molecular flexibility index (Phi) is 2.18. The SMILES string of the molecule is C[C@@H](S)C(C)(C)C. The second-order valence-electron chi connectivity index (χ2n) is 3.04. The molecule has 0 saturated heterocycles. The zero-order valence-corrected chi connectivity index (χ0v) is 6.42. The Morgan fingerprint density at radius 3 is 1.43 bits per heavy atom. The van der Waals surface area contributed by atoms with E-state index in [1.165, 1.54) is 0 Å². The Labute approximate surface area is 51.7 Å². The maximum atomic E-state index is 4.28. The van der Waals surface area contributed by atoms with E-state index in [1.807, 2.05) is 0 Å². The number of hydrogen-bond acceptors (Lipinski definition) is 1. The fourth-order valence-corrected chi connectivity index (χ4v) is 0. The lowest BCUT2D eigenvalue weighted by molar-refractivity contribution is 0.413. The topological polar surface area (TPSA) is 0 Å². The number of thiol groups is 1. The fourth-order valence-electron chi connectivity index (χ4n) is 0. The van der Waals surface area contributed by atoms with E-state index in [1.54, 1.807) is 0 Å². The molecule has 0 aliphatic rings. The van der Waals surface area contributed by atoms with Gasteiger partial charge < -0.3 is 0 Å². The van der Waals surface area contributed by atoms with Crippen molar-refractivity contribution in [3.05, 3.63) is 0 Å². The molecule has 0 fully saturated rings. The molecule has 0 heterocycles. The maximum Gasteiger partial charge on any atom is 0.00370 e. The Hall–Kier alpha value is 0.350. The third-order valence-electron chi connectivity index (χ3n) is 1.25. The summed E-state index contributed by atoms with van der Waals surface area (Å²) >= 11 is 4.28. The second-order valence-corrected chi connectivity index (χ2v) is 3.82. The number of hydrogen-bond donors (Lipinski definition) is 1. The van der Waals surface area contributed by atoms with E-state index in [2.05, 4.69) is 40.3 Å². The molecule has 0 saturated carbocycles. The molecule has 0 amide bonds. The lowest BCUT2D eigenvalue weighted by Gasteiger charge is -2.21. The Bertz CT molecular complexity index is 49.7. The molecule has 44 valence electrons. The minimum absolute atomic E-state index is 0.364. The van der Waals surface area contributed by atoms with Crippen LogP contribution in [0.4, 0.5) is 0 Å². The summed E-state index contributed by atoms with van der Waals surface area (Å²) in [6.45, 7) is 8.67. The van der Waals surface area contributed by atoms with Crippen LogP contribution >= 0.6 is 12.6 Å². The van der Waals surface area contributed by atoms with Crippen LogP contribution < -0.4 is 0 Å². The molecule has 0 unspecified atom stereocenters. The molecule has 0 bridgehead atoms. The average molecular weight is 118 g/mol. The van der Waals surface area contributed by atoms with Gasteiger partial charge in [-0.25, -0.2) is 0 Å². The molecule has 1 atom stereocenters. The van der Waals surface area contributed by atoms with Crippen molar-refractivity contribution >= 4 is 12.6 Å². The van der Waals surface area contributed by atoms with Gasteiger partial charge in [-0.1, -0.05) is 27.7 Å². The highest BCUT2D eigenvalue weighted by atomic mass is 32.1. The van der Waals surface area contributed by atoms with Crippen LogP contribution in [-0.4, -0.2) is 5.25 Å². The van der Waals surface area contributed by atoms with Crippen LogP contribution in [0.1, 0.15) is 27.7 Å². The van der Waals surface area contributed by atoms with Crippen LogP contribution in [-0.2, 0) is 0 Å². The van der Waals surface area contributed by atoms with Crippen molar-refractivity contribution in [3.8, 4) is 0 Å². The van der Waals surface area contributed by atoms with Crippen molar-refractivity contribution < 1.29 is 0 Å². The van der Waals surface area contributed by atoms with Gasteiger partial charge in [0.25, 0.3) is 0 Å². The third-order valence-corrected chi connectivity index (χ3v) is 2.03. The quantitative estimate of drug-likeness (QED) is 0.464. The first-order chi connectivity index (χ1) is 2.94. The zero-order valence-electron chi connectivity index (χ0n) is 5.52. The van der Waals surface area contributed by atoms with Gasteiger partial charge in [0.2, 0.25) is 0 Å². The fraction of sp³-hybridized carbons (Fsp3) is 1.00. The predicted molar refractivity (Wildman–Crippen MR) is 37.9 cm³/mol. The molecule has 0 radical (unpaired) electrons. The van der Waals surface area contributed by atoms with Crippen molar-refractivity contribution in [2.24, 2.45) is 5.41 Å². The molecule has 0 rings (SSSR count). The summed E-state index contributed by atoms with van der Waals surface area (Å²) in [6.07, 6.45) is 0. The summed E-state index contributed by atoms with van der Waals surface area (Å²) in [5.41, 5.74) is 0.364. The summed E-state index contributed by atoms with van der Waals surface area (Å²) in [7, 11) is 0. The van der Waals surface area contributed by atoms with Crippen LogP contribution in [0.5, 0.6) is 0 Å². The van der Waals surface area contributed by atoms with Gasteiger partial charge in [0, 0.05) is 5.25 Å². The molecule has 0 aromatic heterocycles. The van der Waals surface area contributed by atoms with E-state index >= 15 is 0 Å². The van der Waals surface area contributed by atoms with Gasteiger partial charge in [0.15, 0.2) is 0 Å². The Balaban J connectivity index is 3.54. The maximum absolute atomic E-state index is 4.28. The lowest BCUT2D eigenvalue weighted by Crippen LogP contribution is -2.16. The molecule has 0 aromatic rings. The highest BCUT2D eigenvalue weighted by molar-refractivity contribution is 7.81. The first kappa shape index (κ1) is 7.35. The van der Waals surface area contributed by atoms with Gasteiger partial charge in [-0.3, -0.25) is 0 Å². The van der Waals surface area contributed by atoms with Gasteiger partial charge in [-0.05, 0) is 5.41 Å². The van der Waals surface area contributed by atoms with Crippen molar-refractivity contribution in [3.63, 3.8) is 0 Å². The summed E-state index contributed by atoms with van der Waals surface area (Å²) < 4.78 is 0. The lowest BCUT2D eigenvalue weighted by atomic mass is 9.93. The highest BCUT2D eigenvalue weighted by Gasteiger charge is 2.14. The monoisotopic (exact) mass is 118 g/mol. The van der Waals surface area contributed by atoms with E-state index in [9.17, 15) is 0 Å². The molecule has 1 heteroatoms. The second kappa shape index (κ2) is 2.08. The molecule has 0 aliphatic carbocycles. The van der Waals surface area contributed by atoms with E-state index in [0.717, 1.165) is 0 Å². The first-order valence-electron chi connectivity index (χ1n) is 2.62. The minimum atomic E-state index is 0.364. The van der Waals surface area contributed by atoms with Gasteiger partial charge >= 0.3 is 0 Å². The van der Waals surface area contributed by atoms with Crippen LogP contribution in [0.3, 0.4) is 0 Å². The average Bonchev–Trinajstić information content (AvgIpc) is 1.31. The van der Waals surface area contributed by atoms with E-state index in [0.29, 0.717) is 10.7 Å². The van der Waals surface area contributed by atoms with Crippen LogP contribution in [0, 0.1) is 5.41 Å². The van der Waals surface area contributed by atoms with Gasteiger partial charge in [0.05, 0.1) is 0 Å². The normalized spacial score (nSPS) is 16.7. The molecule has 0 aromatic carbocycles. The number of rotatable bonds is 0. The van der Waals surface area contributed by atoms with Crippen LogP contribution in [0.15, 0.2) is 0 Å². The van der Waals surface area contributed by atoms with Crippen molar-refractivity contribution in [2.45, 2.75) is 32.9 Å². The van der Waals surface area contributed by atoms with Crippen molar-refractivity contribution in [1.82, 2.24) is 0 Å². The molecule has 0 N–H and O–H groups in total. The largest absolute Gasteiger partial charge is 0.176 e. The van der Waals surface area contributed by atoms with E-state index in [-0.39, 0.29) is 0 Å². The molecule has 0 nitrogen and oxygen atoms in total. The highest BCUT2D eigenvalue weighted by Crippen LogP contribution is 2.22. The van der Waals surface area contributed by atoms with Crippen LogP contribution in [0.2, 0.25) is 0 Å². The smallest absolute Gasteiger partial charge is 0.00370 e. The van der Waals surface area contributed by atoms with Gasteiger partial charge in [-0.15, -0.1) is 0 Å². The van der Waals surface area contributed by atoms with Gasteiger partial charge in [-0.2, -0.15) is 12.6 Å². The molecule has 7 heavy (non-hydrogen) atoms. The standard InChI is InChI=1S/C6H14S/c1-5(7)6(2,3)4/h5,7H,1-4H3/t5-/m1/s1. The molecule has 0 spiro atoms. The van der Waals surface area contributed by atoms with Gasteiger partial charge in [0.1, 0.15) is 0 Å². The van der Waals surface area contributed by atoms with Crippen LogP contribution in [0.25, 0.3) is 0 Å². The summed E-state index contributed by atoms with van der Waals surface area (Å²) in [4.78, 5) is 0. The Morgan fingerprint density at radius 2 is 1.43 bits per heavy atom. The van der Waals surface area contributed by atoms with E-state index < -0.39 is 0 Å². The van der Waals surface area contributed by atoms with Crippen molar-refractivity contribution in [1.29, 1.82) is 0 Å². The summed E-state index contributed by atoms with van der Waals surface area (Å²) in [5.74, 6) is 0. The Morgan fingerprint density at radius 1 is 1.29 bits per heavy atom. The third kappa shape index (κ3) is 2.98. The molecular weight excluding hydrogens is 104 g/mol. The summed E-state index contributed by atoms with van der Waals surface area (Å²) in [6, 6.07) is 0. The molecule has 0 aliphatic heterocycles. The van der Waals surface area contributed by atoms with E-state index in [4.69, 9.17) is 0 Å². The van der Waals surface area contributed by atoms with Crippen molar-refractivity contribution in [2.75, 3.05) is 0 Å². The first-order valence-corrected chi connectivity index (χ1v) is 3.14. The molecular formula is C6H14S.